The Hall–Kier alpha value is -2.36. The number of carbonyl (C=O) groups excluding carboxylic acids is 4. The first kappa shape index (κ1) is 79.9. The van der Waals surface area contributed by atoms with Gasteiger partial charge in [-0.2, -0.15) is 10.1 Å². The number of piperidine rings is 4. The smallest absolute Gasteiger partial charge is 0.306 e. The molecule has 0 N–H and O–H groups in total. The maximum atomic E-state index is 12.8. The van der Waals surface area contributed by atoms with Gasteiger partial charge in [0.15, 0.2) is 0 Å². The van der Waals surface area contributed by atoms with Crippen molar-refractivity contribution in [3.05, 3.63) is 0 Å². The van der Waals surface area contributed by atoms with E-state index in [1.165, 1.54) is 64.2 Å². The molecule has 4 fully saturated rings. The minimum atomic E-state index is -0.201. The van der Waals surface area contributed by atoms with Gasteiger partial charge in [0.25, 0.3) is 0 Å². The quantitative estimate of drug-likeness (QED) is 0.0329. The van der Waals surface area contributed by atoms with Crippen LogP contribution in [-0.4, -0.2) is 140 Å². The van der Waals surface area contributed by atoms with Crippen molar-refractivity contribution in [3.63, 3.8) is 0 Å². The van der Waals surface area contributed by atoms with Crippen LogP contribution in [0.5, 0.6) is 0 Å². The maximum absolute atomic E-state index is 12.8. The summed E-state index contributed by atoms with van der Waals surface area (Å²) >= 11 is 0. The Bertz CT molecular complexity index is 1800. The molecule has 0 aliphatic carbocycles. The van der Waals surface area contributed by atoms with Crippen LogP contribution in [0.4, 0.5) is 0 Å². The number of likely N-dealkylation sites (tertiary alicyclic amines) is 2. The summed E-state index contributed by atoms with van der Waals surface area (Å²) in [7, 11) is 4.33. The Balaban J connectivity index is 0.000000491. The van der Waals surface area contributed by atoms with E-state index in [2.05, 4.69) is 159 Å². The van der Waals surface area contributed by atoms with Gasteiger partial charge >= 0.3 is 23.9 Å². The van der Waals surface area contributed by atoms with Crippen LogP contribution in [0.25, 0.3) is 0 Å². The van der Waals surface area contributed by atoms with E-state index >= 15 is 0 Å². The first-order valence-electron chi connectivity index (χ1n) is 36.1. The van der Waals surface area contributed by atoms with Crippen LogP contribution in [0.3, 0.4) is 0 Å². The van der Waals surface area contributed by atoms with Crippen LogP contribution in [0, 0.1) is 0 Å². The highest BCUT2D eigenvalue weighted by molar-refractivity contribution is 5.70. The predicted octanol–water partition coefficient (Wildman–Crippen LogP) is 18.3. The fourth-order valence-electron chi connectivity index (χ4n) is 15.5. The Labute approximate surface area is 541 Å². The number of rotatable bonds is 38. The average molecular weight is 1250 g/mol. The topological polar surface area (TPSA) is 137 Å². The van der Waals surface area contributed by atoms with Gasteiger partial charge in [-0.3, -0.25) is 38.7 Å². The van der Waals surface area contributed by atoms with Crippen molar-refractivity contribution in [2.45, 2.75) is 425 Å². The lowest BCUT2D eigenvalue weighted by molar-refractivity contribution is -0.293. The molecule has 4 heterocycles. The Morgan fingerprint density at radius 2 is 0.466 bits per heavy atom. The molecule has 4 saturated heterocycles. The van der Waals surface area contributed by atoms with Crippen molar-refractivity contribution in [2.75, 3.05) is 27.3 Å². The van der Waals surface area contributed by atoms with E-state index in [0.717, 1.165) is 154 Å². The highest BCUT2D eigenvalue weighted by Gasteiger charge is 2.50. The van der Waals surface area contributed by atoms with Crippen LogP contribution in [-0.2, 0) is 47.8 Å². The van der Waals surface area contributed by atoms with Gasteiger partial charge in [-0.15, -0.1) is 0 Å². The fourth-order valence-corrected chi connectivity index (χ4v) is 15.5. The van der Waals surface area contributed by atoms with Crippen LogP contribution in [0.2, 0.25) is 0 Å². The normalized spacial score (nSPS) is 22.1. The van der Waals surface area contributed by atoms with Crippen LogP contribution >= 0.6 is 0 Å². The third-order valence-electron chi connectivity index (χ3n) is 20.3. The molecule has 0 aromatic carbocycles. The van der Waals surface area contributed by atoms with Gasteiger partial charge in [0.05, 0.1) is 13.2 Å². The van der Waals surface area contributed by atoms with Crippen LogP contribution < -0.4 is 0 Å². The average Bonchev–Trinajstić information content (AvgIpc) is 1.58. The van der Waals surface area contributed by atoms with Crippen molar-refractivity contribution in [1.29, 1.82) is 0 Å². The van der Waals surface area contributed by atoms with Gasteiger partial charge in [-0.25, -0.2) is 0 Å². The lowest BCUT2D eigenvalue weighted by Crippen LogP contribution is -2.62. The minimum Gasteiger partial charge on any atom is -0.462 e. The molecule has 0 spiro atoms. The van der Waals surface area contributed by atoms with E-state index in [0.29, 0.717) is 25.7 Å². The molecule has 88 heavy (non-hydrogen) atoms. The molecule has 14 heteroatoms. The number of hydrogen-bond donors (Lipinski definition) is 0. The van der Waals surface area contributed by atoms with Crippen molar-refractivity contribution in [3.8, 4) is 0 Å². The highest BCUT2D eigenvalue weighted by Crippen LogP contribution is 2.43. The van der Waals surface area contributed by atoms with Gasteiger partial charge in [0, 0.05) is 121 Å². The molecule has 0 amide bonds. The standard InChI is InChI=1S/C44H84N2O6.C30H56N2O4/c1-11-13-15-17-23-27-31-49-45-41(3,4)33-37(34-42(45,5)6)51-39(47)29-25-21-19-20-22-26-30-40(48)52-38-35-43(7,8)46(44(9,10)36-38)50-32-28-24-18-16-14-12-2;1-27(2)19-23(20-28(3,4)31(27)9)35-25(33)17-15-13-11-12-14-16-18-26(34)36-24-21-29(5,6)32(10)30(7,8)22-24/h37-38H,11-36H2,1-10H3;23-24H,11-22H2,1-10H3. The summed E-state index contributed by atoms with van der Waals surface area (Å²) < 4.78 is 23.7. The molecule has 0 aromatic rings. The van der Waals surface area contributed by atoms with Crippen molar-refractivity contribution < 1.29 is 47.8 Å². The Morgan fingerprint density at radius 3 is 0.682 bits per heavy atom. The number of esters is 4. The lowest BCUT2D eigenvalue weighted by Gasteiger charge is -2.53. The van der Waals surface area contributed by atoms with E-state index < -0.39 is 0 Å². The van der Waals surface area contributed by atoms with Crippen molar-refractivity contribution in [1.82, 2.24) is 19.9 Å². The summed E-state index contributed by atoms with van der Waals surface area (Å²) in [4.78, 5) is 67.8. The van der Waals surface area contributed by atoms with Gasteiger partial charge < -0.3 is 18.9 Å². The number of ether oxygens (including phenoxy) is 4. The first-order valence-corrected chi connectivity index (χ1v) is 36.1. The maximum Gasteiger partial charge on any atom is 0.306 e. The molecule has 0 radical (unpaired) electrons. The zero-order valence-corrected chi connectivity index (χ0v) is 61.1. The molecule has 14 nitrogen and oxygen atoms in total. The summed E-state index contributed by atoms with van der Waals surface area (Å²) in [6.45, 7) is 41.4. The van der Waals surface area contributed by atoms with E-state index in [-0.39, 0.29) is 92.6 Å². The Morgan fingerprint density at radius 1 is 0.284 bits per heavy atom. The monoisotopic (exact) mass is 1250 g/mol. The molecule has 4 aliphatic rings. The molecule has 4 rings (SSSR count). The summed E-state index contributed by atoms with van der Waals surface area (Å²) in [5.74, 6) is -0.275. The van der Waals surface area contributed by atoms with Gasteiger partial charge in [0.1, 0.15) is 24.4 Å². The molecule has 516 valence electrons. The summed E-state index contributed by atoms with van der Waals surface area (Å²) in [5, 5.41) is 4.35. The minimum absolute atomic E-state index is 0.00474. The van der Waals surface area contributed by atoms with Gasteiger partial charge in [-0.05, 0) is 163 Å². The largest absolute Gasteiger partial charge is 0.462 e. The Kier molecular flexibility index (Phi) is 34.0. The number of hydrogen-bond acceptors (Lipinski definition) is 14. The van der Waals surface area contributed by atoms with Crippen molar-refractivity contribution >= 4 is 23.9 Å². The molecule has 0 unspecified atom stereocenters. The lowest BCUT2D eigenvalue weighted by atomic mass is 9.78. The second kappa shape index (κ2) is 37.5. The summed E-state index contributed by atoms with van der Waals surface area (Å²) in [5.41, 5.74) is -0.694. The van der Waals surface area contributed by atoms with Gasteiger partial charge in [0.2, 0.25) is 0 Å². The van der Waals surface area contributed by atoms with E-state index in [1.54, 1.807) is 0 Å². The van der Waals surface area contributed by atoms with Crippen LogP contribution in [0.1, 0.15) is 356 Å². The second-order valence-electron chi connectivity index (χ2n) is 32.7. The third-order valence-corrected chi connectivity index (χ3v) is 20.3. The highest BCUT2D eigenvalue weighted by atomic mass is 16.7. The number of nitrogens with zero attached hydrogens (tertiary/aromatic N) is 4. The summed E-state index contributed by atoms with van der Waals surface area (Å²) in [6, 6.07) is 0. The summed E-state index contributed by atoms with van der Waals surface area (Å²) in [6.07, 6.45) is 35.3. The molecule has 0 bridgehead atoms. The molecule has 0 atom stereocenters. The zero-order chi connectivity index (χ0) is 66.0. The SMILES string of the molecule is CCCCCCCCON1C(C)(C)CC(OC(=O)CCCCCCCCC(=O)OC2CC(C)(C)N(OCCCCCCCC)C(C)(C)C2)CC1(C)C.CN1C(C)(C)CC(OC(=O)CCCCCCCCC(=O)OC2CC(C)(C)N(C)C(C)(C)C2)CC1(C)C. The van der Waals surface area contributed by atoms with E-state index in [9.17, 15) is 19.2 Å². The van der Waals surface area contributed by atoms with E-state index in [1.807, 2.05) is 0 Å². The first-order chi connectivity index (χ1) is 41.0. The van der Waals surface area contributed by atoms with E-state index in [4.69, 9.17) is 28.6 Å². The predicted molar refractivity (Wildman–Crippen MR) is 361 cm³/mol. The number of carbonyl (C=O) groups is 4. The molecular weight excluding hydrogens is 1100 g/mol. The fraction of sp³-hybridized carbons (Fsp3) is 0.946. The van der Waals surface area contributed by atoms with Crippen molar-refractivity contribution in [2.24, 2.45) is 0 Å². The zero-order valence-electron chi connectivity index (χ0n) is 61.1. The van der Waals surface area contributed by atoms with Gasteiger partial charge in [-0.1, -0.05) is 129 Å². The van der Waals surface area contributed by atoms with Crippen LogP contribution in [0.15, 0.2) is 0 Å². The molecular formula is C74H140N4O10. The molecule has 0 saturated carbocycles. The number of unbranched alkanes of at least 4 members (excludes halogenated alkanes) is 20. The molecule has 4 aliphatic heterocycles. The number of hydroxylamine groups is 4. The molecule has 0 aromatic heterocycles. The third kappa shape index (κ3) is 28.5. The second-order valence-corrected chi connectivity index (χ2v) is 32.7.